The van der Waals surface area contributed by atoms with Crippen molar-refractivity contribution in [1.82, 2.24) is 15.4 Å². The van der Waals surface area contributed by atoms with Gasteiger partial charge >= 0.3 is 5.97 Å². The third-order valence-corrected chi connectivity index (χ3v) is 2.82. The van der Waals surface area contributed by atoms with Crippen molar-refractivity contribution in [2.75, 3.05) is 0 Å². The maximum atomic E-state index is 10.9. The van der Waals surface area contributed by atoms with Crippen LogP contribution in [0, 0.1) is 0 Å². The number of aromatic amines is 1. The average Bonchev–Trinajstić information content (AvgIpc) is 2.92. The molecule has 0 amide bonds. The van der Waals surface area contributed by atoms with Gasteiger partial charge in [0.05, 0.1) is 6.20 Å². The number of carbonyl (C=O) groups is 1. The Hall–Kier alpha value is -2.11. The zero-order chi connectivity index (χ0) is 11.1. The van der Waals surface area contributed by atoms with Crippen LogP contribution in [0.3, 0.4) is 0 Å². The van der Waals surface area contributed by atoms with E-state index in [0.717, 1.165) is 30.5 Å². The van der Waals surface area contributed by atoms with Crippen LogP contribution in [-0.4, -0.2) is 26.4 Å². The molecule has 2 aromatic rings. The summed E-state index contributed by atoms with van der Waals surface area (Å²) in [5.41, 5.74) is 2.77. The molecule has 2 aromatic heterocycles. The lowest BCUT2D eigenvalue weighted by Crippen LogP contribution is -1.97. The minimum absolute atomic E-state index is 0.0567. The second-order valence-corrected chi connectivity index (χ2v) is 3.76. The van der Waals surface area contributed by atoms with Crippen molar-refractivity contribution in [3.05, 3.63) is 23.0 Å². The summed E-state index contributed by atoms with van der Waals surface area (Å²) in [4.78, 5) is 10.9. The first-order valence-electron chi connectivity index (χ1n) is 5.02. The van der Waals surface area contributed by atoms with E-state index in [1.165, 1.54) is 6.20 Å². The molecule has 3 rings (SSSR count). The van der Waals surface area contributed by atoms with Gasteiger partial charge in [0.25, 0.3) is 0 Å². The molecule has 0 aromatic carbocycles. The van der Waals surface area contributed by atoms with Crippen LogP contribution in [0.4, 0.5) is 0 Å². The number of nitrogens with one attached hydrogen (secondary N) is 1. The summed E-state index contributed by atoms with van der Waals surface area (Å²) in [6, 6.07) is 0. The Morgan fingerprint density at radius 2 is 2.38 bits per heavy atom. The van der Waals surface area contributed by atoms with Gasteiger partial charge in [0.15, 0.2) is 0 Å². The van der Waals surface area contributed by atoms with Crippen LogP contribution >= 0.6 is 0 Å². The van der Waals surface area contributed by atoms with Gasteiger partial charge < -0.3 is 9.63 Å². The lowest BCUT2D eigenvalue weighted by Gasteiger charge is -1.95. The highest BCUT2D eigenvalue weighted by atomic mass is 16.5. The first-order chi connectivity index (χ1) is 7.77. The Bertz CT molecular complexity index is 555. The van der Waals surface area contributed by atoms with Gasteiger partial charge in [0.1, 0.15) is 11.3 Å². The number of nitrogens with zero attached hydrogens (tertiary/aromatic N) is 2. The van der Waals surface area contributed by atoms with Crippen LogP contribution in [0.15, 0.2) is 10.7 Å². The molecule has 0 aliphatic heterocycles. The highest BCUT2D eigenvalue weighted by Crippen LogP contribution is 2.31. The number of aromatic carboxylic acids is 1. The van der Waals surface area contributed by atoms with Crippen LogP contribution < -0.4 is 0 Å². The number of carboxylic acids is 1. The highest BCUT2D eigenvalue weighted by molar-refractivity contribution is 5.93. The van der Waals surface area contributed by atoms with E-state index in [4.69, 9.17) is 9.63 Å². The molecule has 2 N–H and O–H groups in total. The third kappa shape index (κ3) is 1.16. The second-order valence-electron chi connectivity index (χ2n) is 3.76. The van der Waals surface area contributed by atoms with Gasteiger partial charge in [-0.15, -0.1) is 0 Å². The predicted octanol–water partition coefficient (Wildman–Crippen LogP) is 1.25. The number of aryl methyl sites for hydroxylation is 1. The zero-order valence-corrected chi connectivity index (χ0v) is 8.36. The Morgan fingerprint density at radius 3 is 3.19 bits per heavy atom. The van der Waals surface area contributed by atoms with Crippen molar-refractivity contribution in [2.45, 2.75) is 19.3 Å². The SMILES string of the molecule is O=C(O)c1cnoc1-c1n[nH]c2c1CCC2. The van der Waals surface area contributed by atoms with E-state index in [0.29, 0.717) is 5.69 Å². The van der Waals surface area contributed by atoms with Crippen molar-refractivity contribution in [3.8, 4) is 11.5 Å². The second kappa shape index (κ2) is 3.19. The largest absolute Gasteiger partial charge is 0.477 e. The van der Waals surface area contributed by atoms with Crippen LogP contribution in [-0.2, 0) is 12.8 Å². The van der Waals surface area contributed by atoms with E-state index in [1.54, 1.807) is 0 Å². The summed E-state index contributed by atoms with van der Waals surface area (Å²) in [6.07, 6.45) is 4.13. The highest BCUT2D eigenvalue weighted by Gasteiger charge is 2.26. The monoisotopic (exact) mass is 219 g/mol. The summed E-state index contributed by atoms with van der Waals surface area (Å²) < 4.78 is 4.98. The molecular formula is C10H9N3O3. The molecule has 82 valence electrons. The van der Waals surface area contributed by atoms with Gasteiger partial charge in [-0.25, -0.2) is 4.79 Å². The first kappa shape index (κ1) is 9.14. The van der Waals surface area contributed by atoms with Gasteiger partial charge in [-0.05, 0) is 19.3 Å². The Balaban J connectivity index is 2.15. The van der Waals surface area contributed by atoms with E-state index in [9.17, 15) is 4.79 Å². The first-order valence-corrected chi connectivity index (χ1v) is 5.02. The van der Waals surface area contributed by atoms with Gasteiger partial charge in [0.2, 0.25) is 5.76 Å². The number of hydrogen-bond donors (Lipinski definition) is 2. The Morgan fingerprint density at radius 1 is 1.50 bits per heavy atom. The van der Waals surface area contributed by atoms with Crippen LogP contribution in [0.1, 0.15) is 28.0 Å². The Kier molecular flexibility index (Phi) is 1.82. The predicted molar refractivity (Wildman–Crippen MR) is 53.1 cm³/mol. The normalized spacial score (nSPS) is 14.0. The van der Waals surface area contributed by atoms with Crippen molar-refractivity contribution < 1.29 is 14.4 Å². The lowest BCUT2D eigenvalue weighted by atomic mass is 10.1. The quantitative estimate of drug-likeness (QED) is 0.793. The third-order valence-electron chi connectivity index (χ3n) is 2.82. The number of hydrogen-bond acceptors (Lipinski definition) is 4. The number of aromatic nitrogens is 3. The van der Waals surface area contributed by atoms with Crippen molar-refractivity contribution in [1.29, 1.82) is 0 Å². The molecule has 0 fully saturated rings. The molecule has 6 nitrogen and oxygen atoms in total. The molecular weight excluding hydrogens is 210 g/mol. The van der Waals surface area contributed by atoms with Gasteiger partial charge in [-0.1, -0.05) is 5.16 Å². The minimum Gasteiger partial charge on any atom is -0.477 e. The molecule has 0 bridgehead atoms. The van der Waals surface area contributed by atoms with E-state index in [2.05, 4.69) is 15.4 Å². The molecule has 1 aliphatic rings. The molecule has 0 saturated heterocycles. The summed E-state index contributed by atoms with van der Waals surface area (Å²) in [5, 5.41) is 19.5. The zero-order valence-electron chi connectivity index (χ0n) is 8.36. The fourth-order valence-corrected chi connectivity index (χ4v) is 2.07. The maximum Gasteiger partial charge on any atom is 0.341 e. The number of fused-ring (bicyclic) bond motifs is 1. The molecule has 16 heavy (non-hydrogen) atoms. The summed E-state index contributed by atoms with van der Waals surface area (Å²) >= 11 is 0. The molecule has 0 spiro atoms. The van der Waals surface area contributed by atoms with Crippen molar-refractivity contribution >= 4 is 5.97 Å². The topological polar surface area (TPSA) is 92.0 Å². The molecule has 6 heteroatoms. The van der Waals surface area contributed by atoms with Crippen molar-refractivity contribution in [3.63, 3.8) is 0 Å². The molecule has 1 aliphatic carbocycles. The Labute approximate surface area is 90.3 Å². The maximum absolute atomic E-state index is 10.9. The van der Waals surface area contributed by atoms with E-state index in [-0.39, 0.29) is 11.3 Å². The average molecular weight is 219 g/mol. The summed E-state index contributed by atoms with van der Waals surface area (Å²) in [5.74, 6) is -0.808. The van der Waals surface area contributed by atoms with Crippen LogP contribution in [0.5, 0.6) is 0 Å². The standard InChI is InChI=1S/C10H9N3O3/c14-10(15)6-4-11-16-9(6)8-5-2-1-3-7(5)12-13-8/h4H,1-3H2,(H,12,13)(H,14,15). The molecule has 0 saturated carbocycles. The van der Waals surface area contributed by atoms with Gasteiger partial charge in [-0.3, -0.25) is 5.10 Å². The molecule has 0 unspecified atom stereocenters. The van der Waals surface area contributed by atoms with Crippen LogP contribution in [0.2, 0.25) is 0 Å². The van der Waals surface area contributed by atoms with E-state index in [1.807, 2.05) is 0 Å². The van der Waals surface area contributed by atoms with Gasteiger partial charge in [-0.2, -0.15) is 5.10 Å². The number of rotatable bonds is 2. The fraction of sp³-hybridized carbons (Fsp3) is 0.300. The number of carboxylic acid groups (broad SMARTS) is 1. The smallest absolute Gasteiger partial charge is 0.341 e. The summed E-state index contributed by atoms with van der Waals surface area (Å²) in [7, 11) is 0. The molecule has 0 radical (unpaired) electrons. The van der Waals surface area contributed by atoms with Crippen LogP contribution in [0.25, 0.3) is 11.5 Å². The number of H-pyrrole nitrogens is 1. The lowest BCUT2D eigenvalue weighted by molar-refractivity contribution is 0.0697. The minimum atomic E-state index is -1.05. The van der Waals surface area contributed by atoms with E-state index < -0.39 is 5.97 Å². The summed E-state index contributed by atoms with van der Waals surface area (Å²) in [6.45, 7) is 0. The molecule has 0 atom stereocenters. The van der Waals surface area contributed by atoms with Gasteiger partial charge in [0, 0.05) is 11.3 Å². The fourth-order valence-electron chi connectivity index (χ4n) is 2.07. The van der Waals surface area contributed by atoms with Crippen molar-refractivity contribution in [2.24, 2.45) is 0 Å². The molecule has 2 heterocycles. The van der Waals surface area contributed by atoms with E-state index >= 15 is 0 Å².